The van der Waals surface area contributed by atoms with Gasteiger partial charge < -0.3 is 14.7 Å². The molecular weight excluding hydrogens is 428 g/mol. The third-order valence-electron chi connectivity index (χ3n) is 6.82. The number of hydrogen-bond donors (Lipinski definition) is 0. The number of aromatic nitrogens is 3. The van der Waals surface area contributed by atoms with E-state index in [1.54, 1.807) is 17.3 Å². The second-order valence-corrected chi connectivity index (χ2v) is 9.00. The number of carbonyl (C=O) groups is 2. The fraction of sp³-hybridized carbons (Fsp3) is 0.346. The molecule has 34 heavy (non-hydrogen) atoms. The average molecular weight is 457 g/mol. The summed E-state index contributed by atoms with van der Waals surface area (Å²) in [5, 5.41) is 8.75. The molecule has 0 unspecified atom stereocenters. The summed E-state index contributed by atoms with van der Waals surface area (Å²) in [5.41, 5.74) is 5.00. The maximum Gasteiger partial charge on any atom is 0.228 e. The minimum absolute atomic E-state index is 0.0183. The monoisotopic (exact) mass is 456 g/mol. The number of pyridine rings is 1. The number of aryl methyl sites for hydroxylation is 2. The largest absolute Gasteiger partial charge is 0.352 e. The Morgan fingerprint density at radius 1 is 0.912 bits per heavy atom. The van der Waals surface area contributed by atoms with E-state index in [4.69, 9.17) is 0 Å². The maximum absolute atomic E-state index is 13.2. The minimum Gasteiger partial charge on any atom is -0.352 e. The van der Waals surface area contributed by atoms with Crippen LogP contribution in [0.3, 0.4) is 0 Å². The summed E-state index contributed by atoms with van der Waals surface area (Å²) in [7, 11) is 0. The number of amides is 2. The van der Waals surface area contributed by atoms with Gasteiger partial charge in [-0.3, -0.25) is 14.6 Å². The van der Waals surface area contributed by atoms with Crippen LogP contribution in [0.25, 0.3) is 11.3 Å². The van der Waals surface area contributed by atoms with Crippen LogP contribution in [0.4, 0.5) is 11.5 Å². The minimum atomic E-state index is -0.292. The van der Waals surface area contributed by atoms with E-state index < -0.39 is 0 Å². The molecule has 2 aliphatic rings. The molecule has 2 fully saturated rings. The van der Waals surface area contributed by atoms with Gasteiger partial charge in [0.1, 0.15) is 0 Å². The molecule has 0 radical (unpaired) electrons. The Kier molecular flexibility index (Phi) is 5.96. The highest BCUT2D eigenvalue weighted by Crippen LogP contribution is 2.28. The lowest BCUT2D eigenvalue weighted by atomic mass is 10.1. The molecule has 2 amide bonds. The first-order chi connectivity index (χ1) is 16.5. The van der Waals surface area contributed by atoms with E-state index in [2.05, 4.69) is 27.0 Å². The van der Waals surface area contributed by atoms with Crippen LogP contribution < -0.4 is 9.80 Å². The normalized spacial score (nSPS) is 18.5. The Morgan fingerprint density at radius 3 is 2.35 bits per heavy atom. The molecule has 0 N–H and O–H groups in total. The first kappa shape index (κ1) is 22.0. The maximum atomic E-state index is 13.2. The molecule has 2 saturated heterocycles. The number of rotatable bonds is 4. The van der Waals surface area contributed by atoms with Crippen LogP contribution in [0.1, 0.15) is 17.5 Å². The van der Waals surface area contributed by atoms with Gasteiger partial charge in [-0.05, 0) is 61.4 Å². The van der Waals surface area contributed by atoms with Crippen LogP contribution in [-0.4, -0.2) is 64.6 Å². The van der Waals surface area contributed by atoms with E-state index in [1.807, 2.05) is 54.3 Å². The molecule has 2 aliphatic heterocycles. The molecular formula is C26H28N6O2. The standard InChI is InChI=1S/C26H28N6O2/c1-18-3-4-22(15-19(18)2)32-17-21(16-25(32)33)26(34)31-13-11-30(12-14-31)24-6-5-23(28-29-24)20-7-9-27-10-8-20/h3-10,15,21H,11-14,16-17H2,1-2H3/t21-/m0/s1. The van der Waals surface area contributed by atoms with E-state index in [-0.39, 0.29) is 24.2 Å². The van der Waals surface area contributed by atoms with Crippen molar-refractivity contribution in [2.45, 2.75) is 20.3 Å². The third-order valence-corrected chi connectivity index (χ3v) is 6.82. The van der Waals surface area contributed by atoms with Crippen molar-refractivity contribution in [1.29, 1.82) is 0 Å². The fourth-order valence-electron chi connectivity index (χ4n) is 4.60. The molecule has 8 nitrogen and oxygen atoms in total. The summed E-state index contributed by atoms with van der Waals surface area (Å²) < 4.78 is 0. The number of carbonyl (C=O) groups excluding carboxylic acids is 2. The zero-order valence-corrected chi connectivity index (χ0v) is 19.5. The summed E-state index contributed by atoms with van der Waals surface area (Å²) in [6, 6.07) is 13.8. The Bertz CT molecular complexity index is 1190. The van der Waals surface area contributed by atoms with Crippen molar-refractivity contribution in [3.63, 3.8) is 0 Å². The van der Waals surface area contributed by atoms with Gasteiger partial charge in [-0.1, -0.05) is 6.07 Å². The predicted molar refractivity (Wildman–Crippen MR) is 130 cm³/mol. The first-order valence-electron chi connectivity index (χ1n) is 11.6. The van der Waals surface area contributed by atoms with Crippen LogP contribution in [0.2, 0.25) is 0 Å². The molecule has 0 aliphatic carbocycles. The SMILES string of the molecule is Cc1ccc(N2C[C@@H](C(=O)N3CCN(c4ccc(-c5ccncc5)nn4)CC3)CC2=O)cc1C. The Hall–Kier alpha value is -3.81. The summed E-state index contributed by atoms with van der Waals surface area (Å²) in [6.45, 7) is 7.15. The van der Waals surface area contributed by atoms with Gasteiger partial charge in [-0.25, -0.2) is 0 Å². The number of hydrogen-bond acceptors (Lipinski definition) is 6. The lowest BCUT2D eigenvalue weighted by Gasteiger charge is -2.36. The summed E-state index contributed by atoms with van der Waals surface area (Å²) in [4.78, 5) is 35.7. The van der Waals surface area contributed by atoms with Gasteiger partial charge in [-0.15, -0.1) is 10.2 Å². The summed E-state index contributed by atoms with van der Waals surface area (Å²) >= 11 is 0. The second kappa shape index (κ2) is 9.21. The zero-order valence-electron chi connectivity index (χ0n) is 19.5. The van der Waals surface area contributed by atoms with Crippen molar-refractivity contribution >= 4 is 23.3 Å². The number of anilines is 2. The number of benzene rings is 1. The topological polar surface area (TPSA) is 82.5 Å². The smallest absolute Gasteiger partial charge is 0.228 e. The van der Waals surface area contributed by atoms with Gasteiger partial charge in [0.05, 0.1) is 11.6 Å². The van der Waals surface area contributed by atoms with Crippen LogP contribution >= 0.6 is 0 Å². The van der Waals surface area contributed by atoms with Gasteiger partial charge in [0.15, 0.2) is 5.82 Å². The van der Waals surface area contributed by atoms with Gasteiger partial charge in [-0.2, -0.15) is 0 Å². The van der Waals surface area contributed by atoms with Crippen LogP contribution in [0, 0.1) is 19.8 Å². The van der Waals surface area contributed by atoms with Crippen molar-refractivity contribution in [1.82, 2.24) is 20.1 Å². The lowest BCUT2D eigenvalue weighted by Crippen LogP contribution is -2.51. The fourth-order valence-corrected chi connectivity index (χ4v) is 4.60. The van der Waals surface area contributed by atoms with E-state index in [9.17, 15) is 9.59 Å². The molecule has 0 saturated carbocycles. The summed E-state index contributed by atoms with van der Waals surface area (Å²) in [6.07, 6.45) is 3.74. The van der Waals surface area contributed by atoms with Crippen molar-refractivity contribution in [3.05, 3.63) is 66.0 Å². The summed E-state index contributed by atoms with van der Waals surface area (Å²) in [5.74, 6) is 0.602. The average Bonchev–Trinajstić information content (AvgIpc) is 3.27. The lowest BCUT2D eigenvalue weighted by molar-refractivity contribution is -0.136. The Balaban J connectivity index is 1.18. The molecule has 0 spiro atoms. The van der Waals surface area contributed by atoms with E-state index in [0.29, 0.717) is 32.7 Å². The molecule has 2 aromatic heterocycles. The highest BCUT2D eigenvalue weighted by molar-refractivity contribution is 6.00. The number of nitrogens with zero attached hydrogens (tertiary/aromatic N) is 6. The molecule has 5 rings (SSSR count). The van der Waals surface area contributed by atoms with Crippen molar-refractivity contribution in [2.24, 2.45) is 5.92 Å². The molecule has 174 valence electrons. The Labute approximate surface area is 199 Å². The Morgan fingerprint density at radius 2 is 1.68 bits per heavy atom. The van der Waals surface area contributed by atoms with Gasteiger partial charge in [0.2, 0.25) is 11.8 Å². The molecule has 0 bridgehead atoms. The molecule has 8 heteroatoms. The van der Waals surface area contributed by atoms with Gasteiger partial charge >= 0.3 is 0 Å². The molecule has 4 heterocycles. The quantitative estimate of drug-likeness (QED) is 0.601. The van der Waals surface area contributed by atoms with E-state index in [1.165, 1.54) is 5.56 Å². The highest BCUT2D eigenvalue weighted by atomic mass is 16.2. The van der Waals surface area contributed by atoms with Crippen molar-refractivity contribution < 1.29 is 9.59 Å². The molecule has 1 aromatic carbocycles. The first-order valence-corrected chi connectivity index (χ1v) is 11.6. The number of piperazine rings is 1. The highest BCUT2D eigenvalue weighted by Gasteiger charge is 2.38. The molecule has 1 atom stereocenters. The van der Waals surface area contributed by atoms with E-state index in [0.717, 1.165) is 28.3 Å². The third kappa shape index (κ3) is 4.35. The predicted octanol–water partition coefficient (Wildman–Crippen LogP) is 2.86. The van der Waals surface area contributed by atoms with E-state index >= 15 is 0 Å². The van der Waals surface area contributed by atoms with Crippen molar-refractivity contribution in [3.8, 4) is 11.3 Å². The zero-order chi connectivity index (χ0) is 23.7. The van der Waals surface area contributed by atoms with Crippen LogP contribution in [-0.2, 0) is 9.59 Å². The van der Waals surface area contributed by atoms with Crippen LogP contribution in [0.5, 0.6) is 0 Å². The van der Waals surface area contributed by atoms with Gasteiger partial charge in [0, 0.05) is 62.8 Å². The van der Waals surface area contributed by atoms with Crippen molar-refractivity contribution in [2.75, 3.05) is 42.5 Å². The second-order valence-electron chi connectivity index (χ2n) is 9.00. The molecule has 3 aromatic rings. The van der Waals surface area contributed by atoms with Gasteiger partial charge in [0.25, 0.3) is 0 Å². The van der Waals surface area contributed by atoms with Crippen LogP contribution in [0.15, 0.2) is 54.9 Å².